The molecular formula is C18H19N5O4. The largest absolute Gasteiger partial charge is 0.353 e. The Bertz CT molecular complexity index is 1020. The van der Waals surface area contributed by atoms with E-state index in [2.05, 4.69) is 15.6 Å². The van der Waals surface area contributed by atoms with Gasteiger partial charge >= 0.3 is 5.69 Å². The molecule has 3 aromatic rings. The minimum Gasteiger partial charge on any atom is -0.353 e. The summed E-state index contributed by atoms with van der Waals surface area (Å²) in [5.41, 5.74) is 3.30. The third kappa shape index (κ3) is 3.57. The summed E-state index contributed by atoms with van der Waals surface area (Å²) in [5, 5.41) is 21.8. The molecule has 0 aliphatic rings. The molecule has 0 spiro atoms. The SMILES string of the molecule is Cc1ccc(Cn2nc(C)c(NC(=O)c3noc(C)c3[N+](=O)[O-])c2C)cc1. The van der Waals surface area contributed by atoms with Crippen molar-refractivity contribution >= 4 is 17.3 Å². The number of hydrogen-bond acceptors (Lipinski definition) is 6. The van der Waals surface area contributed by atoms with Gasteiger partial charge in [0.25, 0.3) is 5.91 Å². The summed E-state index contributed by atoms with van der Waals surface area (Å²) >= 11 is 0. The van der Waals surface area contributed by atoms with Gasteiger partial charge in [0.05, 0.1) is 28.5 Å². The number of aryl methyl sites for hydroxylation is 3. The van der Waals surface area contributed by atoms with Crippen LogP contribution in [0.2, 0.25) is 0 Å². The molecule has 0 bridgehead atoms. The van der Waals surface area contributed by atoms with E-state index in [0.717, 1.165) is 11.3 Å². The van der Waals surface area contributed by atoms with Gasteiger partial charge in [0.1, 0.15) is 0 Å². The van der Waals surface area contributed by atoms with E-state index in [9.17, 15) is 14.9 Å². The van der Waals surface area contributed by atoms with Gasteiger partial charge in [-0.25, -0.2) is 0 Å². The number of rotatable bonds is 5. The highest BCUT2D eigenvalue weighted by Crippen LogP contribution is 2.26. The van der Waals surface area contributed by atoms with E-state index in [-0.39, 0.29) is 11.5 Å². The molecule has 0 saturated carbocycles. The van der Waals surface area contributed by atoms with Gasteiger partial charge in [-0.1, -0.05) is 35.0 Å². The van der Waals surface area contributed by atoms with Crippen molar-refractivity contribution < 1.29 is 14.2 Å². The lowest BCUT2D eigenvalue weighted by Crippen LogP contribution is -2.15. The Morgan fingerprint density at radius 2 is 1.89 bits per heavy atom. The summed E-state index contributed by atoms with van der Waals surface area (Å²) in [5.74, 6) is -0.728. The number of hydrogen-bond donors (Lipinski definition) is 1. The average molecular weight is 369 g/mol. The zero-order chi connectivity index (χ0) is 19.7. The van der Waals surface area contributed by atoms with E-state index in [1.54, 1.807) is 11.6 Å². The van der Waals surface area contributed by atoms with Crippen LogP contribution in [0.3, 0.4) is 0 Å². The predicted molar refractivity (Wildman–Crippen MR) is 97.8 cm³/mol. The van der Waals surface area contributed by atoms with Gasteiger partial charge in [-0.05, 0) is 26.3 Å². The molecule has 140 valence electrons. The number of aromatic nitrogens is 3. The zero-order valence-corrected chi connectivity index (χ0v) is 15.4. The van der Waals surface area contributed by atoms with Crippen molar-refractivity contribution in [2.24, 2.45) is 0 Å². The molecule has 0 aliphatic carbocycles. The Balaban J connectivity index is 1.86. The van der Waals surface area contributed by atoms with E-state index >= 15 is 0 Å². The Morgan fingerprint density at radius 1 is 1.22 bits per heavy atom. The molecule has 0 unspecified atom stereocenters. The third-order valence-corrected chi connectivity index (χ3v) is 4.30. The maximum atomic E-state index is 12.5. The quantitative estimate of drug-likeness (QED) is 0.545. The number of benzene rings is 1. The summed E-state index contributed by atoms with van der Waals surface area (Å²) < 4.78 is 6.57. The smallest absolute Gasteiger partial charge is 0.344 e. The average Bonchev–Trinajstić information content (AvgIpc) is 3.12. The van der Waals surface area contributed by atoms with E-state index in [1.807, 2.05) is 38.1 Å². The number of nitrogens with one attached hydrogen (secondary N) is 1. The Labute approximate surface area is 155 Å². The molecule has 9 heteroatoms. The highest BCUT2D eigenvalue weighted by atomic mass is 16.6. The van der Waals surface area contributed by atoms with Crippen LogP contribution in [-0.4, -0.2) is 25.8 Å². The molecule has 0 radical (unpaired) electrons. The van der Waals surface area contributed by atoms with Gasteiger partial charge in [-0.15, -0.1) is 0 Å². The standard InChI is InChI=1S/C18H19N5O4/c1-10-5-7-14(8-6-10)9-22-12(3)15(11(2)20-22)19-18(24)16-17(23(25)26)13(4)27-21-16/h5-8H,9H2,1-4H3,(H,19,24). The first-order valence-electron chi connectivity index (χ1n) is 8.29. The number of nitro groups is 1. The number of carbonyl (C=O) groups is 1. The fraction of sp³-hybridized carbons (Fsp3) is 0.278. The lowest BCUT2D eigenvalue weighted by atomic mass is 10.1. The molecule has 1 aromatic carbocycles. The van der Waals surface area contributed by atoms with E-state index < -0.39 is 16.5 Å². The second-order valence-corrected chi connectivity index (χ2v) is 6.34. The van der Waals surface area contributed by atoms with Crippen LogP contribution >= 0.6 is 0 Å². The van der Waals surface area contributed by atoms with Crippen molar-refractivity contribution in [3.8, 4) is 0 Å². The molecule has 3 rings (SSSR count). The summed E-state index contributed by atoms with van der Waals surface area (Å²) in [7, 11) is 0. The van der Waals surface area contributed by atoms with Crippen molar-refractivity contribution in [2.75, 3.05) is 5.32 Å². The fourth-order valence-electron chi connectivity index (χ4n) is 2.80. The summed E-state index contributed by atoms with van der Waals surface area (Å²) in [4.78, 5) is 22.9. The van der Waals surface area contributed by atoms with E-state index in [0.29, 0.717) is 17.9 Å². The van der Waals surface area contributed by atoms with Crippen LogP contribution in [0.25, 0.3) is 0 Å². The van der Waals surface area contributed by atoms with Crippen LogP contribution in [0.4, 0.5) is 11.4 Å². The lowest BCUT2D eigenvalue weighted by molar-refractivity contribution is -0.386. The maximum Gasteiger partial charge on any atom is 0.344 e. The Kier molecular flexibility index (Phi) is 4.76. The summed E-state index contributed by atoms with van der Waals surface area (Å²) in [6, 6.07) is 8.09. The monoisotopic (exact) mass is 369 g/mol. The van der Waals surface area contributed by atoms with E-state index in [4.69, 9.17) is 4.52 Å². The molecule has 0 saturated heterocycles. The van der Waals surface area contributed by atoms with Crippen LogP contribution in [0.15, 0.2) is 28.8 Å². The van der Waals surface area contributed by atoms with Crippen LogP contribution < -0.4 is 5.32 Å². The van der Waals surface area contributed by atoms with Gasteiger partial charge in [0.15, 0.2) is 0 Å². The van der Waals surface area contributed by atoms with Crippen molar-refractivity contribution in [1.82, 2.24) is 14.9 Å². The van der Waals surface area contributed by atoms with Crippen molar-refractivity contribution in [3.63, 3.8) is 0 Å². The van der Waals surface area contributed by atoms with Gasteiger partial charge < -0.3 is 9.84 Å². The van der Waals surface area contributed by atoms with Gasteiger partial charge in [-0.3, -0.25) is 19.6 Å². The van der Waals surface area contributed by atoms with Crippen LogP contribution in [0, 0.1) is 37.8 Å². The topological polar surface area (TPSA) is 116 Å². The second kappa shape index (κ2) is 7.02. The highest BCUT2D eigenvalue weighted by molar-refractivity contribution is 6.06. The fourth-order valence-corrected chi connectivity index (χ4v) is 2.80. The minimum absolute atomic E-state index is 0.0198. The molecular weight excluding hydrogens is 350 g/mol. The third-order valence-electron chi connectivity index (χ3n) is 4.30. The molecule has 27 heavy (non-hydrogen) atoms. The molecule has 9 nitrogen and oxygen atoms in total. The molecule has 0 fully saturated rings. The van der Waals surface area contributed by atoms with Crippen LogP contribution in [0.1, 0.15) is 38.8 Å². The second-order valence-electron chi connectivity index (χ2n) is 6.34. The summed E-state index contributed by atoms with van der Waals surface area (Å²) in [6.07, 6.45) is 0. The molecule has 1 amide bonds. The Morgan fingerprint density at radius 3 is 2.52 bits per heavy atom. The molecule has 1 N–H and O–H groups in total. The number of anilines is 1. The molecule has 2 heterocycles. The van der Waals surface area contributed by atoms with Crippen molar-refractivity contribution in [1.29, 1.82) is 0 Å². The van der Waals surface area contributed by atoms with Crippen molar-refractivity contribution in [2.45, 2.75) is 34.2 Å². The lowest BCUT2D eigenvalue weighted by Gasteiger charge is -2.07. The minimum atomic E-state index is -0.709. The molecule has 2 aromatic heterocycles. The predicted octanol–water partition coefficient (Wildman–Crippen LogP) is 3.31. The first-order chi connectivity index (χ1) is 12.8. The van der Waals surface area contributed by atoms with E-state index in [1.165, 1.54) is 12.5 Å². The van der Waals surface area contributed by atoms with Gasteiger partial charge in [0.2, 0.25) is 11.5 Å². The number of carbonyl (C=O) groups excluding carboxylic acids is 1. The first kappa shape index (κ1) is 18.3. The maximum absolute atomic E-state index is 12.5. The molecule has 0 atom stereocenters. The highest BCUT2D eigenvalue weighted by Gasteiger charge is 2.30. The normalized spacial score (nSPS) is 10.8. The first-order valence-corrected chi connectivity index (χ1v) is 8.29. The van der Waals surface area contributed by atoms with Crippen LogP contribution in [-0.2, 0) is 6.54 Å². The molecule has 0 aliphatic heterocycles. The van der Waals surface area contributed by atoms with Crippen LogP contribution in [0.5, 0.6) is 0 Å². The van der Waals surface area contributed by atoms with Crippen molar-refractivity contribution in [3.05, 3.63) is 68.3 Å². The Hall–Kier alpha value is -3.49. The number of nitrogens with zero attached hydrogens (tertiary/aromatic N) is 4. The van der Waals surface area contributed by atoms with Gasteiger partial charge in [0, 0.05) is 6.92 Å². The number of amides is 1. The summed E-state index contributed by atoms with van der Waals surface area (Å²) in [6.45, 7) is 7.54. The zero-order valence-electron chi connectivity index (χ0n) is 15.4. The van der Waals surface area contributed by atoms with Gasteiger partial charge in [-0.2, -0.15) is 5.10 Å².